The molecule has 1 saturated carbocycles. The topological polar surface area (TPSA) is 0 Å². The normalized spacial score (nSPS) is 19.2. The van der Waals surface area contributed by atoms with Crippen LogP contribution in [-0.2, 0) is 0 Å². The van der Waals surface area contributed by atoms with Crippen molar-refractivity contribution < 1.29 is 0 Å². The van der Waals surface area contributed by atoms with Crippen molar-refractivity contribution in [2.45, 2.75) is 70.6 Å². The van der Waals surface area contributed by atoms with Crippen LogP contribution >= 0.6 is 0 Å². The van der Waals surface area contributed by atoms with Crippen molar-refractivity contribution in [1.29, 1.82) is 0 Å². The fourth-order valence-electron chi connectivity index (χ4n) is 3.16. The van der Waals surface area contributed by atoms with Crippen LogP contribution in [0.5, 0.6) is 0 Å². The van der Waals surface area contributed by atoms with E-state index in [-0.39, 0.29) is 0 Å². The van der Waals surface area contributed by atoms with Crippen molar-refractivity contribution in [1.82, 2.24) is 0 Å². The largest absolute Gasteiger partial charge is 0.0654 e. The van der Waals surface area contributed by atoms with Gasteiger partial charge in [-0.25, -0.2) is 0 Å². The third kappa shape index (κ3) is 3.34. The molecule has 1 aromatic carbocycles. The molecule has 1 unspecified atom stereocenters. The third-order valence-electron chi connectivity index (χ3n) is 4.28. The number of hydrogen-bond donors (Lipinski definition) is 0. The van der Waals surface area contributed by atoms with Crippen LogP contribution in [0.4, 0.5) is 0 Å². The number of hydrogen-bond acceptors (Lipinski definition) is 0. The molecule has 0 aromatic heterocycles. The van der Waals surface area contributed by atoms with E-state index in [0.29, 0.717) is 0 Å². The highest BCUT2D eigenvalue weighted by atomic mass is 14.2. The number of rotatable bonds is 4. The fraction of sp³-hybridized carbons (Fsp3) is 0.647. The van der Waals surface area contributed by atoms with E-state index in [0.717, 1.165) is 11.8 Å². The highest BCUT2D eigenvalue weighted by Gasteiger charge is 2.16. The Labute approximate surface area is 106 Å². The molecule has 0 bridgehead atoms. The highest BCUT2D eigenvalue weighted by molar-refractivity contribution is 5.28. The first-order valence-electron chi connectivity index (χ1n) is 7.41. The van der Waals surface area contributed by atoms with Gasteiger partial charge in [-0.3, -0.25) is 0 Å². The van der Waals surface area contributed by atoms with Gasteiger partial charge in [-0.2, -0.15) is 0 Å². The van der Waals surface area contributed by atoms with Crippen LogP contribution in [0, 0.1) is 0 Å². The third-order valence-corrected chi connectivity index (χ3v) is 4.28. The predicted molar refractivity (Wildman–Crippen MR) is 75.6 cm³/mol. The Bertz CT molecular complexity index is 334. The van der Waals surface area contributed by atoms with E-state index in [1.165, 1.54) is 44.9 Å². The summed E-state index contributed by atoms with van der Waals surface area (Å²) in [6, 6.07) is 9.41. The molecule has 1 atom stereocenters. The Morgan fingerprint density at radius 1 is 1.18 bits per heavy atom. The summed E-state index contributed by atoms with van der Waals surface area (Å²) in [4.78, 5) is 0. The monoisotopic (exact) mass is 230 g/mol. The summed E-state index contributed by atoms with van der Waals surface area (Å²) in [6.45, 7) is 4.64. The van der Waals surface area contributed by atoms with Crippen LogP contribution in [0.25, 0.3) is 0 Å². The molecule has 94 valence electrons. The molecule has 0 nitrogen and oxygen atoms in total. The second-order valence-electron chi connectivity index (χ2n) is 5.69. The molecule has 0 saturated heterocycles. The molecule has 1 aliphatic rings. The average molecular weight is 230 g/mol. The van der Waals surface area contributed by atoms with E-state index in [9.17, 15) is 0 Å². The summed E-state index contributed by atoms with van der Waals surface area (Å²) in [5.74, 6) is 1.57. The molecule has 0 heteroatoms. The van der Waals surface area contributed by atoms with Crippen LogP contribution in [0.2, 0.25) is 0 Å². The molecule has 1 fully saturated rings. The van der Waals surface area contributed by atoms with Crippen molar-refractivity contribution in [3.8, 4) is 0 Å². The second kappa shape index (κ2) is 6.23. The quantitative estimate of drug-likeness (QED) is 0.628. The summed E-state index contributed by atoms with van der Waals surface area (Å²) in [5.41, 5.74) is 3.15. The molecule has 0 amide bonds. The van der Waals surface area contributed by atoms with E-state index in [1.54, 1.807) is 11.1 Å². The maximum absolute atomic E-state index is 2.48. The van der Waals surface area contributed by atoms with Crippen LogP contribution in [-0.4, -0.2) is 0 Å². The fourth-order valence-corrected chi connectivity index (χ4v) is 3.16. The minimum absolute atomic E-state index is 0.726. The lowest BCUT2D eigenvalue weighted by Gasteiger charge is -2.23. The van der Waals surface area contributed by atoms with E-state index in [4.69, 9.17) is 0 Å². The highest BCUT2D eigenvalue weighted by Crippen LogP contribution is 2.34. The van der Waals surface area contributed by atoms with Crippen LogP contribution in [0.3, 0.4) is 0 Å². The van der Waals surface area contributed by atoms with Crippen LogP contribution in [0.15, 0.2) is 24.3 Å². The average Bonchev–Trinajstić information content (AvgIpc) is 2.40. The van der Waals surface area contributed by atoms with Gasteiger partial charge in [0.15, 0.2) is 0 Å². The minimum atomic E-state index is 0.726. The zero-order chi connectivity index (χ0) is 12.1. The Morgan fingerprint density at radius 2 is 1.94 bits per heavy atom. The van der Waals surface area contributed by atoms with E-state index in [1.807, 2.05) is 0 Å². The molecular weight excluding hydrogens is 204 g/mol. The summed E-state index contributed by atoms with van der Waals surface area (Å²) in [7, 11) is 0. The van der Waals surface area contributed by atoms with Gasteiger partial charge < -0.3 is 0 Å². The molecule has 0 radical (unpaired) electrons. The van der Waals surface area contributed by atoms with E-state index >= 15 is 0 Å². The molecule has 0 N–H and O–H groups in total. The van der Waals surface area contributed by atoms with Gasteiger partial charge in [0.2, 0.25) is 0 Å². The Morgan fingerprint density at radius 3 is 2.65 bits per heavy atom. The maximum Gasteiger partial charge on any atom is -0.0162 e. The van der Waals surface area contributed by atoms with Gasteiger partial charge in [0.25, 0.3) is 0 Å². The summed E-state index contributed by atoms with van der Waals surface area (Å²) in [6.07, 6.45) is 9.72. The molecule has 1 aromatic rings. The molecule has 0 spiro atoms. The molecule has 2 rings (SSSR count). The summed E-state index contributed by atoms with van der Waals surface area (Å²) in [5, 5.41) is 0. The first-order valence-corrected chi connectivity index (χ1v) is 7.41. The molecule has 1 aliphatic carbocycles. The van der Waals surface area contributed by atoms with E-state index < -0.39 is 0 Å². The van der Waals surface area contributed by atoms with Gasteiger partial charge in [-0.15, -0.1) is 0 Å². The lowest BCUT2D eigenvalue weighted by molar-refractivity contribution is 0.443. The van der Waals surface area contributed by atoms with Crippen LogP contribution in [0.1, 0.15) is 81.8 Å². The van der Waals surface area contributed by atoms with Crippen molar-refractivity contribution in [2.24, 2.45) is 0 Å². The minimum Gasteiger partial charge on any atom is -0.0654 e. The lowest BCUT2D eigenvalue weighted by Crippen LogP contribution is -2.05. The second-order valence-corrected chi connectivity index (χ2v) is 5.69. The van der Waals surface area contributed by atoms with Gasteiger partial charge >= 0.3 is 0 Å². The molecule has 0 heterocycles. The van der Waals surface area contributed by atoms with Crippen molar-refractivity contribution in [2.75, 3.05) is 0 Å². The summed E-state index contributed by atoms with van der Waals surface area (Å²) >= 11 is 0. The van der Waals surface area contributed by atoms with E-state index in [2.05, 4.69) is 38.1 Å². The number of benzene rings is 1. The Balaban J connectivity index is 2.09. The smallest absolute Gasteiger partial charge is 0.0162 e. The Hall–Kier alpha value is -0.780. The molecule has 0 aliphatic heterocycles. The van der Waals surface area contributed by atoms with Crippen LogP contribution < -0.4 is 0 Å². The van der Waals surface area contributed by atoms with Gasteiger partial charge in [0.1, 0.15) is 0 Å². The van der Waals surface area contributed by atoms with Crippen molar-refractivity contribution >= 4 is 0 Å². The zero-order valence-corrected chi connectivity index (χ0v) is 11.4. The zero-order valence-electron chi connectivity index (χ0n) is 11.4. The lowest BCUT2D eigenvalue weighted by atomic mass is 9.82. The Kier molecular flexibility index (Phi) is 4.65. The SMILES string of the molecule is CCCC(C)c1cccc(C2CCCCC2)c1. The van der Waals surface area contributed by atoms with Gasteiger partial charge in [-0.1, -0.05) is 63.8 Å². The van der Waals surface area contributed by atoms with Gasteiger partial charge in [0, 0.05) is 0 Å². The standard InChI is InChI=1S/C17H26/c1-3-8-14(2)16-11-7-12-17(13-16)15-9-5-4-6-10-15/h7,11-15H,3-6,8-10H2,1-2H3. The first kappa shape index (κ1) is 12.7. The van der Waals surface area contributed by atoms with Crippen molar-refractivity contribution in [3.63, 3.8) is 0 Å². The first-order chi connectivity index (χ1) is 8.31. The van der Waals surface area contributed by atoms with Crippen molar-refractivity contribution in [3.05, 3.63) is 35.4 Å². The maximum atomic E-state index is 2.48. The van der Waals surface area contributed by atoms with Gasteiger partial charge in [0.05, 0.1) is 0 Å². The molecule has 17 heavy (non-hydrogen) atoms. The molecular formula is C17H26. The van der Waals surface area contributed by atoms with Gasteiger partial charge in [-0.05, 0) is 42.2 Å². The predicted octanol–water partition coefficient (Wildman–Crippen LogP) is 5.64. The summed E-state index contributed by atoms with van der Waals surface area (Å²) < 4.78 is 0.